The van der Waals surface area contributed by atoms with E-state index in [0.717, 1.165) is 13.0 Å². The summed E-state index contributed by atoms with van der Waals surface area (Å²) in [5.74, 6) is -0.339. The van der Waals surface area contributed by atoms with Crippen molar-refractivity contribution in [1.82, 2.24) is 0 Å². The quantitative estimate of drug-likeness (QED) is 0.206. The van der Waals surface area contributed by atoms with E-state index in [0.29, 0.717) is 0 Å². The van der Waals surface area contributed by atoms with Gasteiger partial charge in [-0.3, -0.25) is 4.99 Å². The molecule has 120 valence electrons. The maximum atomic E-state index is 10.3. The van der Waals surface area contributed by atoms with Gasteiger partial charge < -0.3 is 4.55 Å². The van der Waals surface area contributed by atoms with Gasteiger partial charge in [-0.25, -0.2) is 8.42 Å². The summed E-state index contributed by atoms with van der Waals surface area (Å²) in [7, 11) is -4.08. The van der Waals surface area contributed by atoms with E-state index in [9.17, 15) is 13.0 Å². The van der Waals surface area contributed by atoms with Crippen LogP contribution < -0.4 is 29.6 Å². The van der Waals surface area contributed by atoms with Gasteiger partial charge in [0.15, 0.2) is 0 Å². The van der Waals surface area contributed by atoms with E-state index in [1.807, 2.05) is 0 Å². The third-order valence-electron chi connectivity index (χ3n) is 3.27. The van der Waals surface area contributed by atoms with Crippen LogP contribution in [0.5, 0.6) is 0 Å². The Balaban J connectivity index is 0. The molecule has 0 radical (unpaired) electrons. The Kier molecular flexibility index (Phi) is 19.2. The van der Waals surface area contributed by atoms with Crippen LogP contribution >= 0.6 is 0 Å². The minimum atomic E-state index is -4.08. The normalized spacial score (nSPS) is 11.7. The first-order valence-electron chi connectivity index (χ1n) is 7.98. The Hall–Kier alpha value is 0.580. The number of unbranched alkanes of at least 4 members (excludes halogenated alkanes) is 9. The summed E-state index contributed by atoms with van der Waals surface area (Å²) < 4.78 is 31.0. The topological polar surface area (TPSA) is 69.6 Å². The molecule has 0 amide bonds. The summed E-state index contributed by atoms with van der Waals surface area (Å²) in [6.45, 7) is 2.98. The molecule has 0 spiro atoms. The van der Waals surface area contributed by atoms with Gasteiger partial charge >= 0.3 is 29.6 Å². The van der Waals surface area contributed by atoms with Crippen molar-refractivity contribution >= 4 is 16.3 Å². The number of hydrogen-bond acceptors (Lipinski definition) is 4. The first-order chi connectivity index (χ1) is 9.56. The van der Waals surface area contributed by atoms with E-state index in [1.165, 1.54) is 57.8 Å². The van der Waals surface area contributed by atoms with E-state index in [1.54, 1.807) is 6.21 Å². The van der Waals surface area contributed by atoms with Gasteiger partial charge in [-0.15, -0.1) is 0 Å². The van der Waals surface area contributed by atoms with E-state index >= 15 is 0 Å². The molecule has 0 saturated carbocycles. The maximum absolute atomic E-state index is 10.3. The predicted molar refractivity (Wildman–Crippen MR) is 84.4 cm³/mol. The standard InChI is InChI=1S/C15H31NO3S.Na/c1-2-3-4-5-6-7-8-9-10-11-13-16-14-12-15-20(17,18)19;/h14H,2-13,15H2,1H3,(H,17,18,19);/q;+1/p-1. The van der Waals surface area contributed by atoms with E-state index in [-0.39, 0.29) is 41.7 Å². The Morgan fingerprint density at radius 1 is 0.905 bits per heavy atom. The average molecular weight is 327 g/mol. The monoisotopic (exact) mass is 327 g/mol. The second-order valence-electron chi connectivity index (χ2n) is 5.32. The van der Waals surface area contributed by atoms with Crippen LogP contribution in [0, 0.1) is 0 Å². The average Bonchev–Trinajstić information content (AvgIpc) is 2.38. The summed E-state index contributed by atoms with van der Waals surface area (Å²) in [5.41, 5.74) is 0. The van der Waals surface area contributed by atoms with Gasteiger partial charge in [0.2, 0.25) is 0 Å². The van der Waals surface area contributed by atoms with Crippen LogP contribution in [0.15, 0.2) is 4.99 Å². The third kappa shape index (κ3) is 23.0. The molecule has 0 rings (SSSR count). The van der Waals surface area contributed by atoms with Crippen LogP contribution in [0.1, 0.15) is 77.6 Å². The number of aliphatic imine (C=N–C) groups is 1. The molecule has 0 aliphatic rings. The second kappa shape index (κ2) is 16.9. The first kappa shape index (κ1) is 23.8. The van der Waals surface area contributed by atoms with Gasteiger partial charge in [-0.05, 0) is 19.1 Å². The Morgan fingerprint density at radius 3 is 1.86 bits per heavy atom. The summed E-state index contributed by atoms with van der Waals surface area (Å²) in [6, 6.07) is 0. The Morgan fingerprint density at radius 2 is 1.38 bits per heavy atom. The molecule has 0 aliphatic carbocycles. The minimum absolute atomic E-state index is 0. The smallest absolute Gasteiger partial charge is 0.748 e. The molecule has 0 aromatic heterocycles. The summed E-state index contributed by atoms with van der Waals surface area (Å²) in [6.07, 6.45) is 14.7. The molecule has 0 saturated heterocycles. The van der Waals surface area contributed by atoms with E-state index in [4.69, 9.17) is 0 Å². The summed E-state index contributed by atoms with van der Waals surface area (Å²) in [5, 5.41) is 0. The van der Waals surface area contributed by atoms with Crippen molar-refractivity contribution in [2.24, 2.45) is 4.99 Å². The van der Waals surface area contributed by atoms with Crippen molar-refractivity contribution in [2.75, 3.05) is 12.3 Å². The van der Waals surface area contributed by atoms with Gasteiger partial charge in [0.1, 0.15) is 0 Å². The molecule has 0 aromatic carbocycles. The SMILES string of the molecule is CCCCCCCCCCCCN=CCCS(=O)(=O)[O-].[Na+]. The van der Waals surface area contributed by atoms with Gasteiger partial charge in [-0.1, -0.05) is 64.7 Å². The van der Waals surface area contributed by atoms with Crippen LogP contribution in [0.2, 0.25) is 0 Å². The fraction of sp³-hybridized carbons (Fsp3) is 0.933. The molecule has 6 heteroatoms. The molecule has 21 heavy (non-hydrogen) atoms. The largest absolute Gasteiger partial charge is 1.00 e. The van der Waals surface area contributed by atoms with Crippen LogP contribution in [0.25, 0.3) is 0 Å². The Bertz CT molecular complexity index is 332. The van der Waals surface area contributed by atoms with Crippen molar-refractivity contribution < 1.29 is 42.5 Å². The van der Waals surface area contributed by atoms with Crippen molar-refractivity contribution in [3.63, 3.8) is 0 Å². The van der Waals surface area contributed by atoms with Gasteiger partial charge in [0.05, 0.1) is 10.1 Å². The Labute approximate surface area is 153 Å². The zero-order valence-corrected chi connectivity index (χ0v) is 16.7. The fourth-order valence-electron chi connectivity index (χ4n) is 2.07. The van der Waals surface area contributed by atoms with Crippen molar-refractivity contribution in [3.8, 4) is 0 Å². The molecular weight excluding hydrogens is 297 g/mol. The fourth-order valence-corrected chi connectivity index (χ4v) is 2.46. The molecule has 0 aromatic rings. The van der Waals surface area contributed by atoms with E-state index in [2.05, 4.69) is 11.9 Å². The summed E-state index contributed by atoms with van der Waals surface area (Å²) in [4.78, 5) is 4.11. The van der Waals surface area contributed by atoms with Crippen LogP contribution in [0.3, 0.4) is 0 Å². The van der Waals surface area contributed by atoms with Crippen molar-refractivity contribution in [2.45, 2.75) is 77.6 Å². The molecule has 0 N–H and O–H groups in total. The minimum Gasteiger partial charge on any atom is -0.748 e. The van der Waals surface area contributed by atoms with Crippen LogP contribution in [-0.2, 0) is 10.1 Å². The molecule has 0 fully saturated rings. The van der Waals surface area contributed by atoms with Crippen LogP contribution in [0.4, 0.5) is 0 Å². The van der Waals surface area contributed by atoms with Crippen LogP contribution in [-0.4, -0.2) is 31.5 Å². The van der Waals surface area contributed by atoms with E-state index < -0.39 is 10.1 Å². The summed E-state index contributed by atoms with van der Waals surface area (Å²) >= 11 is 0. The zero-order chi connectivity index (χ0) is 15.1. The molecule has 0 atom stereocenters. The number of nitrogens with zero attached hydrogens (tertiary/aromatic N) is 1. The van der Waals surface area contributed by atoms with Gasteiger partial charge in [0.25, 0.3) is 0 Å². The third-order valence-corrected chi connectivity index (χ3v) is 4.00. The molecular formula is C15H30NNaO3S. The number of hydrogen-bond donors (Lipinski definition) is 0. The second-order valence-corrected chi connectivity index (χ2v) is 6.84. The van der Waals surface area contributed by atoms with Gasteiger partial charge in [-0.2, -0.15) is 0 Å². The molecule has 0 unspecified atom stereocenters. The zero-order valence-electron chi connectivity index (χ0n) is 13.8. The molecule has 4 nitrogen and oxygen atoms in total. The molecule has 0 heterocycles. The van der Waals surface area contributed by atoms with Crippen molar-refractivity contribution in [3.05, 3.63) is 0 Å². The first-order valence-corrected chi connectivity index (χ1v) is 9.56. The van der Waals surface area contributed by atoms with Gasteiger partial charge in [0, 0.05) is 12.3 Å². The molecule has 0 bridgehead atoms. The maximum Gasteiger partial charge on any atom is 1.00 e. The van der Waals surface area contributed by atoms with Crippen molar-refractivity contribution in [1.29, 1.82) is 0 Å². The predicted octanol–water partition coefficient (Wildman–Crippen LogP) is 0.917. The number of rotatable bonds is 14. The molecule has 0 aliphatic heterocycles.